The van der Waals surface area contributed by atoms with Crippen molar-refractivity contribution in [2.75, 3.05) is 32.6 Å². The van der Waals surface area contributed by atoms with Gasteiger partial charge in [0.25, 0.3) is 5.91 Å². The van der Waals surface area contributed by atoms with Crippen molar-refractivity contribution in [1.29, 1.82) is 0 Å². The largest absolute Gasteiger partial charge is 0.497 e. The summed E-state index contributed by atoms with van der Waals surface area (Å²) in [5.41, 5.74) is 2.02. The average molecular weight is 442 g/mol. The molecule has 3 aromatic rings. The zero-order chi connectivity index (χ0) is 21.8. The molecule has 1 N–H and O–H groups in total. The molecular formula is C22H23N3O5S. The first kappa shape index (κ1) is 20.9. The Hall–Kier alpha value is -3.33. The number of thiazole rings is 1. The number of likely N-dealkylation sites (tertiary alicyclic amines) is 1. The maximum absolute atomic E-state index is 12.8. The molecule has 3 heterocycles. The van der Waals surface area contributed by atoms with E-state index in [-0.39, 0.29) is 17.7 Å². The van der Waals surface area contributed by atoms with Crippen LogP contribution in [0.4, 0.5) is 5.13 Å². The van der Waals surface area contributed by atoms with E-state index in [9.17, 15) is 9.59 Å². The minimum Gasteiger partial charge on any atom is -0.497 e. The molecule has 9 heteroatoms. The van der Waals surface area contributed by atoms with E-state index in [0.29, 0.717) is 41.0 Å². The van der Waals surface area contributed by atoms with Crippen LogP contribution in [-0.4, -0.2) is 49.0 Å². The third kappa shape index (κ3) is 4.56. The van der Waals surface area contributed by atoms with E-state index in [1.807, 2.05) is 17.5 Å². The number of methoxy groups -OCH3 is 2. The summed E-state index contributed by atoms with van der Waals surface area (Å²) in [7, 11) is 3.19. The van der Waals surface area contributed by atoms with Crippen LogP contribution in [0.15, 0.2) is 46.6 Å². The number of aromatic nitrogens is 1. The van der Waals surface area contributed by atoms with Crippen LogP contribution < -0.4 is 14.8 Å². The Balaban J connectivity index is 1.43. The van der Waals surface area contributed by atoms with Gasteiger partial charge in [-0.2, -0.15) is 0 Å². The van der Waals surface area contributed by atoms with Gasteiger partial charge in [0.05, 0.1) is 37.7 Å². The highest BCUT2D eigenvalue weighted by Gasteiger charge is 2.29. The number of anilines is 1. The van der Waals surface area contributed by atoms with Gasteiger partial charge in [0.1, 0.15) is 17.8 Å². The van der Waals surface area contributed by atoms with Gasteiger partial charge in [-0.25, -0.2) is 4.98 Å². The second-order valence-corrected chi connectivity index (χ2v) is 8.05. The summed E-state index contributed by atoms with van der Waals surface area (Å²) in [4.78, 5) is 31.6. The zero-order valence-corrected chi connectivity index (χ0v) is 18.1. The molecular weight excluding hydrogens is 418 g/mol. The van der Waals surface area contributed by atoms with Crippen LogP contribution in [-0.2, 0) is 4.79 Å². The number of piperidine rings is 1. The number of ether oxygens (including phenoxy) is 2. The molecule has 0 bridgehead atoms. The van der Waals surface area contributed by atoms with Gasteiger partial charge in [-0.05, 0) is 31.0 Å². The summed E-state index contributed by atoms with van der Waals surface area (Å²) >= 11 is 1.35. The SMILES string of the molecule is COc1ccc(-c2csc(NC(=O)[C@@H]3CCCN(C(=O)c4ccoc4)C3)n2)c(OC)c1. The fraction of sp³-hybridized carbons (Fsp3) is 0.318. The van der Waals surface area contributed by atoms with E-state index in [4.69, 9.17) is 13.9 Å². The van der Waals surface area contributed by atoms with Gasteiger partial charge in [-0.3, -0.25) is 9.59 Å². The zero-order valence-electron chi connectivity index (χ0n) is 17.3. The highest BCUT2D eigenvalue weighted by atomic mass is 32.1. The molecule has 31 heavy (non-hydrogen) atoms. The van der Waals surface area contributed by atoms with Crippen LogP contribution in [0, 0.1) is 5.92 Å². The number of amides is 2. The van der Waals surface area contributed by atoms with Crippen molar-refractivity contribution in [2.24, 2.45) is 5.92 Å². The fourth-order valence-corrected chi connectivity index (χ4v) is 4.33. The van der Waals surface area contributed by atoms with E-state index in [1.54, 1.807) is 31.3 Å². The molecule has 1 aliphatic rings. The molecule has 1 fully saturated rings. The first-order valence-electron chi connectivity index (χ1n) is 9.89. The Kier molecular flexibility index (Phi) is 6.22. The number of rotatable bonds is 6. The van der Waals surface area contributed by atoms with E-state index in [1.165, 1.54) is 23.9 Å². The molecule has 4 rings (SSSR count). The number of hydrogen-bond acceptors (Lipinski definition) is 7. The molecule has 8 nitrogen and oxygen atoms in total. The quantitative estimate of drug-likeness (QED) is 0.623. The topological polar surface area (TPSA) is 93.9 Å². The van der Waals surface area contributed by atoms with Crippen molar-refractivity contribution in [3.05, 3.63) is 47.7 Å². The Morgan fingerprint density at radius 2 is 2.13 bits per heavy atom. The molecule has 0 saturated carbocycles. The van der Waals surface area contributed by atoms with Gasteiger partial charge in [-0.1, -0.05) is 0 Å². The fourth-order valence-electron chi connectivity index (χ4n) is 3.62. The predicted molar refractivity (Wildman–Crippen MR) is 117 cm³/mol. The van der Waals surface area contributed by atoms with Gasteiger partial charge >= 0.3 is 0 Å². The molecule has 2 aromatic heterocycles. The minimum absolute atomic E-state index is 0.116. The highest BCUT2D eigenvalue weighted by Crippen LogP contribution is 2.35. The van der Waals surface area contributed by atoms with E-state index < -0.39 is 0 Å². The lowest BCUT2D eigenvalue weighted by Crippen LogP contribution is -2.43. The van der Waals surface area contributed by atoms with Crippen LogP contribution in [0.2, 0.25) is 0 Å². The lowest BCUT2D eigenvalue weighted by atomic mass is 9.97. The number of hydrogen-bond donors (Lipinski definition) is 1. The van der Waals surface area contributed by atoms with Crippen molar-refractivity contribution in [3.8, 4) is 22.8 Å². The number of nitrogens with zero attached hydrogens (tertiary/aromatic N) is 2. The van der Waals surface area contributed by atoms with Crippen molar-refractivity contribution < 1.29 is 23.5 Å². The number of nitrogens with one attached hydrogen (secondary N) is 1. The Bertz CT molecular complexity index is 1060. The summed E-state index contributed by atoms with van der Waals surface area (Å²) in [6.45, 7) is 1.01. The normalized spacial score (nSPS) is 16.1. The van der Waals surface area contributed by atoms with Crippen molar-refractivity contribution in [1.82, 2.24) is 9.88 Å². The third-order valence-corrected chi connectivity index (χ3v) is 6.02. The van der Waals surface area contributed by atoms with Crippen LogP contribution >= 0.6 is 11.3 Å². The highest BCUT2D eigenvalue weighted by molar-refractivity contribution is 7.14. The summed E-state index contributed by atoms with van der Waals surface area (Å²) in [6.07, 6.45) is 4.40. The Morgan fingerprint density at radius 1 is 1.26 bits per heavy atom. The van der Waals surface area contributed by atoms with Gasteiger partial charge in [0, 0.05) is 30.1 Å². The average Bonchev–Trinajstić information content (AvgIpc) is 3.50. The van der Waals surface area contributed by atoms with Crippen LogP contribution in [0.1, 0.15) is 23.2 Å². The second-order valence-electron chi connectivity index (χ2n) is 7.20. The number of carbonyl (C=O) groups is 2. The van der Waals surface area contributed by atoms with Gasteiger partial charge in [0.2, 0.25) is 5.91 Å². The van der Waals surface area contributed by atoms with Crippen LogP contribution in [0.5, 0.6) is 11.5 Å². The van der Waals surface area contributed by atoms with Crippen molar-refractivity contribution in [2.45, 2.75) is 12.8 Å². The number of furan rings is 1. The monoisotopic (exact) mass is 441 g/mol. The van der Waals surface area contributed by atoms with Crippen LogP contribution in [0.25, 0.3) is 11.3 Å². The molecule has 1 aromatic carbocycles. The summed E-state index contributed by atoms with van der Waals surface area (Å²) in [6, 6.07) is 7.14. The summed E-state index contributed by atoms with van der Waals surface area (Å²) < 4.78 is 15.7. The minimum atomic E-state index is -0.285. The van der Waals surface area contributed by atoms with Gasteiger partial charge in [-0.15, -0.1) is 11.3 Å². The van der Waals surface area contributed by atoms with Crippen LogP contribution in [0.3, 0.4) is 0 Å². The predicted octanol–water partition coefficient (Wildman–Crippen LogP) is 3.91. The molecule has 162 valence electrons. The van der Waals surface area contributed by atoms with E-state index in [2.05, 4.69) is 10.3 Å². The Morgan fingerprint density at radius 3 is 2.87 bits per heavy atom. The molecule has 1 aliphatic heterocycles. The number of carbonyl (C=O) groups excluding carboxylic acids is 2. The molecule has 0 aliphatic carbocycles. The number of benzene rings is 1. The first-order chi connectivity index (χ1) is 15.1. The Labute approximate surface area is 183 Å². The van der Waals surface area contributed by atoms with E-state index >= 15 is 0 Å². The van der Waals surface area contributed by atoms with Gasteiger partial charge in [0.15, 0.2) is 5.13 Å². The molecule has 2 amide bonds. The lowest BCUT2D eigenvalue weighted by Gasteiger charge is -2.31. The standard InChI is InChI=1S/C22H23N3O5S/c1-28-16-5-6-17(19(10-16)29-2)18-13-31-22(23-18)24-20(26)14-4-3-8-25(11-14)21(27)15-7-9-30-12-15/h5-7,9-10,12-14H,3-4,8,11H2,1-2H3,(H,23,24,26)/t14-/m1/s1. The van der Waals surface area contributed by atoms with Gasteiger partial charge < -0.3 is 24.1 Å². The lowest BCUT2D eigenvalue weighted by molar-refractivity contribution is -0.121. The van der Waals surface area contributed by atoms with E-state index in [0.717, 1.165) is 18.4 Å². The molecule has 1 saturated heterocycles. The first-order valence-corrected chi connectivity index (χ1v) is 10.8. The van der Waals surface area contributed by atoms with Crippen molar-refractivity contribution >= 4 is 28.3 Å². The molecule has 0 radical (unpaired) electrons. The molecule has 0 spiro atoms. The molecule has 1 atom stereocenters. The third-order valence-electron chi connectivity index (χ3n) is 5.27. The molecule has 0 unspecified atom stereocenters. The summed E-state index contributed by atoms with van der Waals surface area (Å²) in [5, 5.41) is 5.28. The maximum Gasteiger partial charge on any atom is 0.257 e. The second kappa shape index (κ2) is 9.22. The maximum atomic E-state index is 12.8. The smallest absolute Gasteiger partial charge is 0.257 e. The summed E-state index contributed by atoms with van der Waals surface area (Å²) in [5.74, 6) is 0.800. The van der Waals surface area contributed by atoms with Crippen molar-refractivity contribution in [3.63, 3.8) is 0 Å².